The Labute approximate surface area is 123 Å². The van der Waals surface area contributed by atoms with E-state index in [1.54, 1.807) is 14.0 Å². The smallest absolute Gasteiger partial charge is 0.358 e. The average Bonchev–Trinajstić information content (AvgIpc) is 2.73. The zero-order valence-electron chi connectivity index (χ0n) is 12.8. The zero-order valence-corrected chi connectivity index (χ0v) is 13.6. The molecule has 5 nitrogen and oxygen atoms in total. The summed E-state index contributed by atoms with van der Waals surface area (Å²) < 4.78 is 10.4. The first-order valence-corrected chi connectivity index (χ1v) is 7.25. The van der Waals surface area contributed by atoms with Crippen LogP contribution in [0.2, 0.25) is 0 Å². The van der Waals surface area contributed by atoms with E-state index in [1.165, 1.54) is 18.3 Å². The van der Waals surface area contributed by atoms with Gasteiger partial charge in [-0.15, -0.1) is 11.3 Å². The van der Waals surface area contributed by atoms with Crippen molar-refractivity contribution in [1.82, 2.24) is 4.98 Å². The molecule has 0 N–H and O–H groups in total. The summed E-state index contributed by atoms with van der Waals surface area (Å²) in [5.74, 6) is -0.760. The molecule has 1 aromatic rings. The molecule has 1 atom stereocenters. The molecule has 0 bridgehead atoms. The lowest BCUT2D eigenvalue weighted by Gasteiger charge is -2.27. The highest BCUT2D eigenvalue weighted by molar-refractivity contribution is 7.14. The van der Waals surface area contributed by atoms with Crippen LogP contribution in [0.5, 0.6) is 0 Å². The molecule has 0 spiro atoms. The standard InChI is InChI=1S/C14H21NO4S/c1-7-19-13(17)9-10(8(2)16)20-12(15-9)11(18-6)14(3,4)5/h11H,7H2,1-6H3. The number of thiazole rings is 1. The summed E-state index contributed by atoms with van der Waals surface area (Å²) in [6, 6.07) is 0. The van der Waals surface area contributed by atoms with E-state index in [0.29, 0.717) is 9.88 Å². The van der Waals surface area contributed by atoms with Crippen molar-refractivity contribution in [2.75, 3.05) is 13.7 Å². The summed E-state index contributed by atoms with van der Waals surface area (Å²) in [6.07, 6.45) is -0.284. The lowest BCUT2D eigenvalue weighted by Crippen LogP contribution is -2.20. The zero-order chi connectivity index (χ0) is 15.5. The molecule has 1 aromatic heterocycles. The summed E-state index contributed by atoms with van der Waals surface area (Å²) >= 11 is 1.19. The van der Waals surface area contributed by atoms with Crippen LogP contribution in [0.1, 0.15) is 65.9 Å². The molecule has 1 rings (SSSR count). The number of carbonyl (C=O) groups is 2. The van der Waals surface area contributed by atoms with Crippen molar-refractivity contribution in [3.63, 3.8) is 0 Å². The van der Waals surface area contributed by atoms with E-state index in [4.69, 9.17) is 9.47 Å². The van der Waals surface area contributed by atoms with Gasteiger partial charge in [-0.2, -0.15) is 0 Å². The maximum atomic E-state index is 11.9. The minimum atomic E-state index is -0.566. The van der Waals surface area contributed by atoms with Crippen molar-refractivity contribution < 1.29 is 19.1 Å². The highest BCUT2D eigenvalue weighted by Gasteiger charge is 2.32. The number of hydrogen-bond acceptors (Lipinski definition) is 6. The number of rotatable bonds is 5. The second-order valence-corrected chi connectivity index (χ2v) is 6.52. The second kappa shape index (κ2) is 6.45. The predicted octanol–water partition coefficient (Wildman–Crippen LogP) is 3.26. The van der Waals surface area contributed by atoms with E-state index >= 15 is 0 Å². The Morgan fingerprint density at radius 1 is 1.35 bits per heavy atom. The first kappa shape index (κ1) is 16.8. The van der Waals surface area contributed by atoms with Gasteiger partial charge < -0.3 is 9.47 Å². The van der Waals surface area contributed by atoms with Crippen LogP contribution in [-0.2, 0) is 9.47 Å². The molecule has 0 aliphatic carbocycles. The van der Waals surface area contributed by atoms with Crippen molar-refractivity contribution >= 4 is 23.1 Å². The molecule has 20 heavy (non-hydrogen) atoms. The summed E-state index contributed by atoms with van der Waals surface area (Å²) in [5, 5.41) is 0.619. The Morgan fingerprint density at radius 3 is 2.35 bits per heavy atom. The number of carbonyl (C=O) groups excluding carboxylic acids is 2. The Hall–Kier alpha value is -1.27. The summed E-state index contributed by atoms with van der Waals surface area (Å²) in [7, 11) is 1.59. The van der Waals surface area contributed by atoms with Gasteiger partial charge in [-0.1, -0.05) is 20.8 Å². The number of ketones is 1. The van der Waals surface area contributed by atoms with Crippen molar-refractivity contribution in [3.8, 4) is 0 Å². The number of Topliss-reactive ketones (excluding diaryl/α,β-unsaturated/α-hetero) is 1. The Morgan fingerprint density at radius 2 is 1.95 bits per heavy atom. The molecule has 112 valence electrons. The molecule has 0 aromatic carbocycles. The third kappa shape index (κ3) is 3.64. The van der Waals surface area contributed by atoms with Crippen LogP contribution in [0.25, 0.3) is 0 Å². The van der Waals surface area contributed by atoms with Crippen molar-refractivity contribution in [2.24, 2.45) is 5.41 Å². The fraction of sp³-hybridized carbons (Fsp3) is 0.643. The number of methoxy groups -OCH3 is 1. The van der Waals surface area contributed by atoms with Gasteiger partial charge in [0, 0.05) is 14.0 Å². The number of nitrogens with zero attached hydrogens (tertiary/aromatic N) is 1. The number of hydrogen-bond donors (Lipinski definition) is 0. The van der Waals surface area contributed by atoms with Crippen molar-refractivity contribution in [1.29, 1.82) is 0 Å². The number of ether oxygens (including phenoxy) is 2. The van der Waals surface area contributed by atoms with Crippen LogP contribution in [0.3, 0.4) is 0 Å². The molecule has 0 aliphatic rings. The van der Waals surface area contributed by atoms with Crippen LogP contribution < -0.4 is 0 Å². The van der Waals surface area contributed by atoms with Crippen LogP contribution >= 0.6 is 11.3 Å². The van der Waals surface area contributed by atoms with Gasteiger partial charge in [-0.25, -0.2) is 9.78 Å². The van der Waals surface area contributed by atoms with Gasteiger partial charge >= 0.3 is 5.97 Å². The molecule has 1 unspecified atom stereocenters. The molecule has 1 heterocycles. The summed E-state index contributed by atoms with van der Waals surface area (Å²) in [6.45, 7) is 9.42. The molecule has 6 heteroatoms. The lowest BCUT2D eigenvalue weighted by atomic mass is 9.89. The molecule has 0 radical (unpaired) electrons. The fourth-order valence-electron chi connectivity index (χ4n) is 1.85. The minimum Gasteiger partial charge on any atom is -0.461 e. The average molecular weight is 299 g/mol. The summed E-state index contributed by atoms with van der Waals surface area (Å²) in [5.41, 5.74) is -0.0993. The van der Waals surface area contributed by atoms with E-state index in [2.05, 4.69) is 4.98 Å². The third-order valence-corrected chi connectivity index (χ3v) is 3.88. The second-order valence-electron chi connectivity index (χ2n) is 5.49. The van der Waals surface area contributed by atoms with Crippen LogP contribution in [0, 0.1) is 5.41 Å². The predicted molar refractivity (Wildman–Crippen MR) is 77.3 cm³/mol. The largest absolute Gasteiger partial charge is 0.461 e. The monoisotopic (exact) mass is 299 g/mol. The number of aromatic nitrogens is 1. The highest BCUT2D eigenvalue weighted by Crippen LogP contribution is 2.38. The molecular weight excluding hydrogens is 278 g/mol. The Balaban J connectivity index is 3.28. The first-order valence-electron chi connectivity index (χ1n) is 6.43. The maximum Gasteiger partial charge on any atom is 0.358 e. The minimum absolute atomic E-state index is 0.0886. The van der Waals surface area contributed by atoms with Crippen molar-refractivity contribution in [3.05, 3.63) is 15.6 Å². The SMILES string of the molecule is CCOC(=O)c1nc(C(OC)C(C)(C)C)sc1C(C)=O. The van der Waals surface area contributed by atoms with E-state index in [0.717, 1.165) is 0 Å². The van der Waals surface area contributed by atoms with E-state index in [1.807, 2.05) is 20.8 Å². The fourth-order valence-corrected chi connectivity index (χ4v) is 3.12. The van der Waals surface area contributed by atoms with E-state index in [9.17, 15) is 9.59 Å². The van der Waals surface area contributed by atoms with Gasteiger partial charge in [-0.3, -0.25) is 4.79 Å². The van der Waals surface area contributed by atoms with Crippen LogP contribution in [-0.4, -0.2) is 30.5 Å². The van der Waals surface area contributed by atoms with E-state index in [-0.39, 0.29) is 29.6 Å². The molecular formula is C14H21NO4S. The van der Waals surface area contributed by atoms with Crippen molar-refractivity contribution in [2.45, 2.75) is 40.7 Å². The van der Waals surface area contributed by atoms with Crippen LogP contribution in [0.4, 0.5) is 0 Å². The summed E-state index contributed by atoms with van der Waals surface area (Å²) in [4.78, 5) is 28.2. The lowest BCUT2D eigenvalue weighted by molar-refractivity contribution is 0.0148. The molecule has 0 saturated heterocycles. The quantitative estimate of drug-likeness (QED) is 0.617. The molecule has 0 aliphatic heterocycles. The maximum absolute atomic E-state index is 11.9. The van der Waals surface area contributed by atoms with Gasteiger partial charge in [0.25, 0.3) is 0 Å². The first-order chi connectivity index (χ1) is 9.22. The Bertz CT molecular complexity index is 502. The molecule has 0 amide bonds. The van der Waals surface area contributed by atoms with Gasteiger partial charge in [0.2, 0.25) is 0 Å². The van der Waals surface area contributed by atoms with Gasteiger partial charge in [0.1, 0.15) is 16.0 Å². The molecule has 0 fully saturated rings. The Kier molecular flexibility index (Phi) is 5.42. The number of esters is 1. The van der Waals surface area contributed by atoms with Gasteiger partial charge in [0.05, 0.1) is 6.61 Å². The topological polar surface area (TPSA) is 65.5 Å². The third-order valence-electron chi connectivity index (χ3n) is 2.68. The highest BCUT2D eigenvalue weighted by atomic mass is 32.1. The normalized spacial score (nSPS) is 13.1. The van der Waals surface area contributed by atoms with E-state index < -0.39 is 5.97 Å². The van der Waals surface area contributed by atoms with Gasteiger partial charge in [-0.05, 0) is 12.3 Å². The van der Waals surface area contributed by atoms with Gasteiger partial charge in [0.15, 0.2) is 11.5 Å². The van der Waals surface area contributed by atoms with Crippen LogP contribution in [0.15, 0.2) is 0 Å². The molecule has 0 saturated carbocycles.